The smallest absolute Gasteiger partial charge is 0.338 e. The fourth-order valence-electron chi connectivity index (χ4n) is 2.50. The third kappa shape index (κ3) is 2.75. The Balaban J connectivity index is 2.58. The van der Waals surface area contributed by atoms with E-state index in [-0.39, 0.29) is 5.97 Å². The van der Waals surface area contributed by atoms with Crippen molar-refractivity contribution in [2.24, 2.45) is 0 Å². The second-order valence-electron chi connectivity index (χ2n) is 4.72. The zero-order valence-electron chi connectivity index (χ0n) is 12.2. The second-order valence-corrected chi connectivity index (χ2v) is 4.72. The van der Waals surface area contributed by atoms with Crippen LogP contribution in [0, 0.1) is 0 Å². The van der Waals surface area contributed by atoms with Crippen molar-refractivity contribution in [3.05, 3.63) is 59.7 Å². The number of hydrogen-bond acceptors (Lipinski definition) is 4. The van der Waals surface area contributed by atoms with E-state index >= 15 is 0 Å². The van der Waals surface area contributed by atoms with Crippen molar-refractivity contribution in [2.45, 2.75) is 18.8 Å². The van der Waals surface area contributed by atoms with Crippen LogP contribution < -0.4 is 0 Å². The number of ether oxygens (including phenoxy) is 2. The Morgan fingerprint density at radius 3 is 2.62 bits per heavy atom. The Morgan fingerprint density at radius 1 is 1.24 bits per heavy atom. The van der Waals surface area contributed by atoms with Crippen LogP contribution >= 0.6 is 0 Å². The van der Waals surface area contributed by atoms with E-state index in [0.29, 0.717) is 24.2 Å². The van der Waals surface area contributed by atoms with Gasteiger partial charge in [0.25, 0.3) is 0 Å². The number of carbonyl (C=O) groups excluding carboxylic acids is 2. The first-order valence-corrected chi connectivity index (χ1v) is 6.85. The highest BCUT2D eigenvalue weighted by Crippen LogP contribution is 2.36. The van der Waals surface area contributed by atoms with Gasteiger partial charge in [0.15, 0.2) is 0 Å². The second kappa shape index (κ2) is 6.39. The Labute approximate surface area is 124 Å². The molecule has 1 aliphatic carbocycles. The van der Waals surface area contributed by atoms with Crippen LogP contribution in [-0.2, 0) is 19.7 Å². The first kappa shape index (κ1) is 15.0. The zero-order valence-corrected chi connectivity index (χ0v) is 12.2. The Morgan fingerprint density at radius 2 is 2.00 bits per heavy atom. The lowest BCUT2D eigenvalue weighted by atomic mass is 9.73. The molecule has 21 heavy (non-hydrogen) atoms. The Kier molecular flexibility index (Phi) is 4.58. The molecule has 4 nitrogen and oxygen atoms in total. The summed E-state index contributed by atoms with van der Waals surface area (Å²) in [5.41, 5.74) is 0.0131. The molecule has 1 aliphatic rings. The first-order valence-electron chi connectivity index (χ1n) is 6.85. The monoisotopic (exact) mass is 286 g/mol. The average molecular weight is 286 g/mol. The van der Waals surface area contributed by atoms with Gasteiger partial charge in [-0.05, 0) is 25.0 Å². The summed E-state index contributed by atoms with van der Waals surface area (Å²) in [6.07, 6.45) is 7.81. The van der Waals surface area contributed by atoms with Crippen molar-refractivity contribution in [3.63, 3.8) is 0 Å². The number of benzene rings is 1. The van der Waals surface area contributed by atoms with Crippen LogP contribution in [0.5, 0.6) is 0 Å². The van der Waals surface area contributed by atoms with Crippen LogP contribution in [-0.4, -0.2) is 25.7 Å². The van der Waals surface area contributed by atoms with Gasteiger partial charge in [-0.25, -0.2) is 4.79 Å². The molecule has 0 saturated carbocycles. The minimum absolute atomic E-state index is 0.290. The molecule has 0 spiro atoms. The molecule has 0 heterocycles. The molecule has 1 unspecified atom stereocenters. The number of carbonyl (C=O) groups is 2. The quantitative estimate of drug-likeness (QED) is 0.799. The molecule has 4 heteroatoms. The minimum Gasteiger partial charge on any atom is -0.465 e. The molecule has 0 saturated heterocycles. The Bertz CT molecular complexity index is 601. The van der Waals surface area contributed by atoms with Gasteiger partial charge in [-0.15, -0.1) is 0 Å². The van der Waals surface area contributed by atoms with Gasteiger partial charge in [-0.2, -0.15) is 0 Å². The molecule has 1 aromatic carbocycles. The summed E-state index contributed by atoms with van der Waals surface area (Å²) < 4.78 is 10.1. The lowest BCUT2D eigenvalue weighted by molar-refractivity contribution is -0.148. The van der Waals surface area contributed by atoms with E-state index in [1.807, 2.05) is 12.2 Å². The van der Waals surface area contributed by atoms with Gasteiger partial charge in [-0.3, -0.25) is 4.79 Å². The topological polar surface area (TPSA) is 52.6 Å². The molecule has 1 atom stereocenters. The number of allylic oxidation sites excluding steroid dienone is 3. The van der Waals surface area contributed by atoms with E-state index in [1.165, 1.54) is 7.11 Å². The van der Waals surface area contributed by atoms with Crippen molar-refractivity contribution >= 4 is 11.9 Å². The van der Waals surface area contributed by atoms with E-state index in [4.69, 9.17) is 9.47 Å². The molecule has 0 radical (unpaired) electrons. The summed E-state index contributed by atoms with van der Waals surface area (Å²) in [6, 6.07) is 6.98. The largest absolute Gasteiger partial charge is 0.465 e. The molecule has 0 aromatic heterocycles. The third-order valence-electron chi connectivity index (χ3n) is 3.52. The van der Waals surface area contributed by atoms with Crippen LogP contribution in [0.25, 0.3) is 0 Å². The van der Waals surface area contributed by atoms with Crippen LogP contribution in [0.4, 0.5) is 0 Å². The summed E-state index contributed by atoms with van der Waals surface area (Å²) in [4.78, 5) is 24.5. The third-order valence-corrected chi connectivity index (χ3v) is 3.52. The molecule has 0 aliphatic heterocycles. The summed E-state index contributed by atoms with van der Waals surface area (Å²) in [5, 5.41) is 0. The van der Waals surface area contributed by atoms with Gasteiger partial charge in [0.2, 0.25) is 0 Å². The fourth-order valence-corrected chi connectivity index (χ4v) is 2.50. The summed E-state index contributed by atoms with van der Waals surface area (Å²) in [6.45, 7) is 2.05. The predicted octanol–water partition coefficient (Wildman–Crippen LogP) is 2.79. The molecule has 1 aromatic rings. The first-order chi connectivity index (χ1) is 10.2. The molecule has 0 N–H and O–H groups in total. The Hall–Kier alpha value is -2.36. The van der Waals surface area contributed by atoms with E-state index in [9.17, 15) is 9.59 Å². The van der Waals surface area contributed by atoms with Crippen LogP contribution in [0.3, 0.4) is 0 Å². The summed E-state index contributed by atoms with van der Waals surface area (Å²) in [7, 11) is 1.33. The lowest BCUT2D eigenvalue weighted by Gasteiger charge is -2.30. The number of rotatable bonds is 4. The highest BCUT2D eigenvalue weighted by Gasteiger charge is 2.41. The highest BCUT2D eigenvalue weighted by molar-refractivity contribution is 5.96. The van der Waals surface area contributed by atoms with E-state index in [2.05, 4.69) is 0 Å². The van der Waals surface area contributed by atoms with Gasteiger partial charge in [0.1, 0.15) is 5.41 Å². The average Bonchev–Trinajstić information content (AvgIpc) is 2.55. The predicted molar refractivity (Wildman–Crippen MR) is 79.0 cm³/mol. The van der Waals surface area contributed by atoms with E-state index in [0.717, 1.165) is 0 Å². The number of esters is 2. The molecular weight excluding hydrogens is 268 g/mol. The lowest BCUT2D eigenvalue weighted by Crippen LogP contribution is -2.37. The van der Waals surface area contributed by atoms with Gasteiger partial charge >= 0.3 is 11.9 Å². The van der Waals surface area contributed by atoms with E-state index in [1.54, 1.807) is 43.3 Å². The van der Waals surface area contributed by atoms with Crippen LogP contribution in [0.1, 0.15) is 29.3 Å². The number of methoxy groups -OCH3 is 1. The molecule has 2 rings (SSSR count). The van der Waals surface area contributed by atoms with Gasteiger partial charge in [0.05, 0.1) is 19.3 Å². The maximum Gasteiger partial charge on any atom is 0.338 e. The van der Waals surface area contributed by atoms with Crippen molar-refractivity contribution in [1.82, 2.24) is 0 Å². The molecule has 0 bridgehead atoms. The highest BCUT2D eigenvalue weighted by atomic mass is 16.5. The number of hydrogen-bond donors (Lipinski definition) is 0. The van der Waals surface area contributed by atoms with Crippen molar-refractivity contribution in [2.75, 3.05) is 13.7 Å². The van der Waals surface area contributed by atoms with Crippen molar-refractivity contribution < 1.29 is 19.1 Å². The normalized spacial score (nSPS) is 20.1. The summed E-state index contributed by atoms with van der Waals surface area (Å²) in [5.74, 6) is -0.820. The van der Waals surface area contributed by atoms with Crippen molar-refractivity contribution in [3.8, 4) is 0 Å². The molecule has 0 amide bonds. The minimum atomic E-state index is -0.977. The standard InChI is InChI=1S/C17H18O4/c1-3-21-16(19)17(11-7-4-8-12-17)14-10-6-5-9-13(14)15(18)20-2/h4-11H,3,12H2,1-2H3. The van der Waals surface area contributed by atoms with Crippen molar-refractivity contribution in [1.29, 1.82) is 0 Å². The van der Waals surface area contributed by atoms with Crippen LogP contribution in [0.15, 0.2) is 48.6 Å². The molecule has 110 valence electrons. The van der Waals surface area contributed by atoms with Gasteiger partial charge < -0.3 is 9.47 Å². The van der Waals surface area contributed by atoms with Gasteiger partial charge in [-0.1, -0.05) is 42.5 Å². The fraction of sp³-hybridized carbons (Fsp3) is 0.294. The van der Waals surface area contributed by atoms with Crippen LogP contribution in [0.2, 0.25) is 0 Å². The molecular formula is C17H18O4. The maximum atomic E-state index is 12.5. The van der Waals surface area contributed by atoms with E-state index < -0.39 is 11.4 Å². The van der Waals surface area contributed by atoms with Gasteiger partial charge in [0, 0.05) is 0 Å². The molecule has 0 fully saturated rings. The maximum absolute atomic E-state index is 12.5. The SMILES string of the molecule is CCOC(=O)C1(c2ccccc2C(=O)OC)C=CC=CC1. The summed E-state index contributed by atoms with van der Waals surface area (Å²) >= 11 is 0. The zero-order chi connectivity index (χ0) is 15.3.